The van der Waals surface area contributed by atoms with Gasteiger partial charge in [0.05, 0.1) is 6.33 Å². The van der Waals surface area contributed by atoms with E-state index < -0.39 is 48.0 Å². The quantitative estimate of drug-likeness (QED) is 0.460. The van der Waals surface area contributed by atoms with Crippen molar-refractivity contribution in [3.8, 4) is 0 Å². The van der Waals surface area contributed by atoms with Crippen molar-refractivity contribution in [3.63, 3.8) is 0 Å². The molecule has 0 bridgehead atoms. The van der Waals surface area contributed by atoms with Crippen LogP contribution < -0.4 is 10.5 Å². The first kappa shape index (κ1) is 22.2. The standard InChI is InChI=1S/C18H23N5O8/c1-8(24)28-6-11-13(29-9(2)25)14(30-10(3)26)17(31-11)23-7-19-12-15(23)20-18(22(4)5)21-16(12)27/h7,11,13-14,17H,6H2,1-5H3,(H,20,21,27)/t11-,13-,14+,17+/m1/s1. The molecule has 1 N–H and O–H groups in total. The molecule has 0 aliphatic carbocycles. The number of anilines is 1. The molecule has 1 aliphatic heterocycles. The largest absolute Gasteiger partial charge is 0.463 e. The summed E-state index contributed by atoms with van der Waals surface area (Å²) >= 11 is 0. The minimum atomic E-state index is -1.11. The number of esters is 3. The Kier molecular flexibility index (Phi) is 6.24. The third kappa shape index (κ3) is 4.66. The molecule has 2 aromatic heterocycles. The van der Waals surface area contributed by atoms with Gasteiger partial charge in [-0.15, -0.1) is 0 Å². The molecule has 0 unspecified atom stereocenters. The number of imidazole rings is 1. The molecular formula is C18H23N5O8. The number of H-pyrrole nitrogens is 1. The molecule has 168 valence electrons. The van der Waals surface area contributed by atoms with E-state index in [4.69, 9.17) is 18.9 Å². The highest BCUT2D eigenvalue weighted by atomic mass is 16.7. The van der Waals surface area contributed by atoms with Crippen LogP contribution in [0.15, 0.2) is 11.1 Å². The van der Waals surface area contributed by atoms with Crippen LogP contribution in [-0.2, 0) is 33.3 Å². The number of carbonyl (C=O) groups is 3. The Morgan fingerprint density at radius 1 is 1.13 bits per heavy atom. The van der Waals surface area contributed by atoms with Crippen LogP contribution >= 0.6 is 0 Å². The van der Waals surface area contributed by atoms with Gasteiger partial charge in [-0.25, -0.2) is 4.98 Å². The Balaban J connectivity index is 2.08. The molecule has 3 heterocycles. The molecule has 31 heavy (non-hydrogen) atoms. The lowest BCUT2D eigenvalue weighted by molar-refractivity contribution is -0.166. The molecule has 4 atom stereocenters. The molecule has 0 aromatic carbocycles. The first-order valence-corrected chi connectivity index (χ1v) is 9.36. The van der Waals surface area contributed by atoms with Crippen molar-refractivity contribution in [2.75, 3.05) is 25.6 Å². The van der Waals surface area contributed by atoms with Gasteiger partial charge in [-0.1, -0.05) is 0 Å². The van der Waals surface area contributed by atoms with Crippen molar-refractivity contribution in [1.82, 2.24) is 19.5 Å². The van der Waals surface area contributed by atoms with Gasteiger partial charge in [-0.05, 0) is 0 Å². The van der Waals surface area contributed by atoms with Crippen molar-refractivity contribution in [3.05, 3.63) is 16.7 Å². The molecule has 13 heteroatoms. The summed E-state index contributed by atoms with van der Waals surface area (Å²) in [5, 5.41) is 0. The number of aromatic amines is 1. The van der Waals surface area contributed by atoms with Crippen LogP contribution in [0.5, 0.6) is 0 Å². The van der Waals surface area contributed by atoms with Crippen molar-refractivity contribution < 1.29 is 33.3 Å². The van der Waals surface area contributed by atoms with Gasteiger partial charge in [0.2, 0.25) is 5.95 Å². The highest BCUT2D eigenvalue weighted by Gasteiger charge is 2.51. The average Bonchev–Trinajstić information content (AvgIpc) is 3.21. The van der Waals surface area contributed by atoms with Crippen molar-refractivity contribution in [2.24, 2.45) is 0 Å². The summed E-state index contributed by atoms with van der Waals surface area (Å²) in [7, 11) is 3.40. The highest BCUT2D eigenvalue weighted by molar-refractivity contribution is 5.71. The van der Waals surface area contributed by atoms with E-state index in [9.17, 15) is 19.2 Å². The number of carbonyl (C=O) groups excluding carboxylic acids is 3. The summed E-state index contributed by atoms with van der Waals surface area (Å²) in [6.07, 6.45) is -2.85. The zero-order chi connectivity index (χ0) is 22.9. The molecule has 0 radical (unpaired) electrons. The van der Waals surface area contributed by atoms with Crippen LogP contribution in [0.4, 0.5) is 5.95 Å². The number of nitrogens with zero attached hydrogens (tertiary/aromatic N) is 4. The minimum absolute atomic E-state index is 0.0447. The van der Waals surface area contributed by atoms with Gasteiger partial charge in [0.15, 0.2) is 29.6 Å². The maximum absolute atomic E-state index is 12.4. The SMILES string of the molecule is CC(=O)OC[C@H]1O[C@H](n2cnc3c(=O)[nH]c(N(C)C)nc32)[C@@H](OC(C)=O)[C@@H]1OC(C)=O. The smallest absolute Gasteiger partial charge is 0.303 e. The molecule has 1 saturated heterocycles. The number of rotatable bonds is 6. The monoisotopic (exact) mass is 437 g/mol. The van der Waals surface area contributed by atoms with E-state index in [-0.39, 0.29) is 23.7 Å². The van der Waals surface area contributed by atoms with Crippen LogP contribution in [0, 0.1) is 0 Å². The predicted molar refractivity (Wildman–Crippen MR) is 104 cm³/mol. The number of hydrogen-bond donors (Lipinski definition) is 1. The summed E-state index contributed by atoms with van der Waals surface area (Å²) in [5.74, 6) is -1.57. The summed E-state index contributed by atoms with van der Waals surface area (Å²) < 4.78 is 23.1. The van der Waals surface area contributed by atoms with Crippen LogP contribution in [0.25, 0.3) is 11.2 Å². The average molecular weight is 437 g/mol. The molecule has 1 fully saturated rings. The van der Waals surface area contributed by atoms with Crippen molar-refractivity contribution in [2.45, 2.75) is 45.3 Å². The Labute approximate surface area is 176 Å². The number of fused-ring (bicyclic) bond motifs is 1. The molecule has 0 amide bonds. The van der Waals surface area contributed by atoms with Crippen molar-refractivity contribution >= 4 is 35.0 Å². The second-order valence-corrected chi connectivity index (χ2v) is 7.12. The van der Waals surface area contributed by atoms with Gasteiger partial charge < -0.3 is 23.8 Å². The maximum Gasteiger partial charge on any atom is 0.303 e. The normalized spacial score (nSPS) is 22.9. The zero-order valence-corrected chi connectivity index (χ0v) is 17.6. The van der Waals surface area contributed by atoms with E-state index >= 15 is 0 Å². The zero-order valence-electron chi connectivity index (χ0n) is 17.6. The minimum Gasteiger partial charge on any atom is -0.463 e. The van der Waals surface area contributed by atoms with E-state index in [0.29, 0.717) is 0 Å². The van der Waals surface area contributed by atoms with E-state index in [0.717, 1.165) is 0 Å². The van der Waals surface area contributed by atoms with Gasteiger partial charge >= 0.3 is 17.9 Å². The molecule has 0 saturated carbocycles. The topological polar surface area (TPSA) is 155 Å². The molecule has 2 aromatic rings. The van der Waals surface area contributed by atoms with E-state index in [1.54, 1.807) is 19.0 Å². The van der Waals surface area contributed by atoms with Gasteiger partial charge in [0, 0.05) is 34.9 Å². The van der Waals surface area contributed by atoms with Crippen LogP contribution in [0.1, 0.15) is 27.0 Å². The van der Waals surface area contributed by atoms with Crippen LogP contribution in [0.3, 0.4) is 0 Å². The van der Waals surface area contributed by atoms with Gasteiger partial charge in [-0.2, -0.15) is 4.98 Å². The summed E-state index contributed by atoms with van der Waals surface area (Å²) in [5.41, 5.74) is -0.255. The van der Waals surface area contributed by atoms with Crippen LogP contribution in [-0.4, -0.2) is 76.4 Å². The lowest BCUT2D eigenvalue weighted by Crippen LogP contribution is -2.40. The van der Waals surface area contributed by atoms with E-state index in [1.807, 2.05) is 0 Å². The van der Waals surface area contributed by atoms with E-state index in [2.05, 4.69) is 15.0 Å². The number of aromatic nitrogens is 4. The fourth-order valence-corrected chi connectivity index (χ4v) is 3.23. The van der Waals surface area contributed by atoms with Gasteiger partial charge in [-0.3, -0.25) is 28.7 Å². The lowest BCUT2D eigenvalue weighted by Gasteiger charge is -2.23. The van der Waals surface area contributed by atoms with Gasteiger partial charge in [0.1, 0.15) is 12.7 Å². The van der Waals surface area contributed by atoms with Crippen LogP contribution in [0.2, 0.25) is 0 Å². The number of nitrogens with one attached hydrogen (secondary N) is 1. The van der Waals surface area contributed by atoms with Gasteiger partial charge in [0.25, 0.3) is 5.56 Å². The molecule has 1 aliphatic rings. The molecular weight excluding hydrogens is 414 g/mol. The third-order valence-corrected chi connectivity index (χ3v) is 4.46. The lowest BCUT2D eigenvalue weighted by atomic mass is 10.1. The number of hydrogen-bond acceptors (Lipinski definition) is 11. The van der Waals surface area contributed by atoms with E-state index in [1.165, 1.54) is 31.7 Å². The fraction of sp³-hybridized carbons (Fsp3) is 0.556. The summed E-state index contributed by atoms with van der Waals surface area (Å²) in [6, 6.07) is 0. The first-order valence-electron chi connectivity index (χ1n) is 9.36. The second kappa shape index (κ2) is 8.71. The number of ether oxygens (including phenoxy) is 4. The summed E-state index contributed by atoms with van der Waals surface area (Å²) in [4.78, 5) is 59.8. The maximum atomic E-state index is 12.4. The Morgan fingerprint density at radius 3 is 2.35 bits per heavy atom. The fourth-order valence-electron chi connectivity index (χ4n) is 3.23. The Bertz CT molecular complexity index is 1060. The molecule has 13 nitrogen and oxygen atoms in total. The summed E-state index contributed by atoms with van der Waals surface area (Å²) in [6.45, 7) is 3.36. The Morgan fingerprint density at radius 2 is 1.77 bits per heavy atom. The third-order valence-electron chi connectivity index (χ3n) is 4.46. The second-order valence-electron chi connectivity index (χ2n) is 7.12. The molecule has 3 rings (SSSR count). The highest BCUT2D eigenvalue weighted by Crippen LogP contribution is 2.35. The predicted octanol–water partition coefficient (Wildman–Crippen LogP) is -0.490. The Hall–Kier alpha value is -3.48. The molecule has 0 spiro atoms. The first-order chi connectivity index (χ1) is 14.6. The van der Waals surface area contributed by atoms with Crippen molar-refractivity contribution in [1.29, 1.82) is 0 Å².